The maximum absolute atomic E-state index is 12.2. The van der Waals surface area contributed by atoms with Crippen molar-refractivity contribution in [2.24, 2.45) is 0 Å². The molecular formula is C17H18ClN5O2. The monoisotopic (exact) mass is 359 g/mol. The van der Waals surface area contributed by atoms with Crippen LogP contribution in [0.25, 0.3) is 0 Å². The maximum Gasteiger partial charge on any atom is 0.275 e. The van der Waals surface area contributed by atoms with Gasteiger partial charge in [-0.3, -0.25) is 9.59 Å². The Morgan fingerprint density at radius 2 is 1.80 bits per heavy atom. The van der Waals surface area contributed by atoms with Crippen LogP contribution in [0.1, 0.15) is 17.4 Å². The van der Waals surface area contributed by atoms with E-state index in [1.54, 1.807) is 42.3 Å². The van der Waals surface area contributed by atoms with E-state index in [9.17, 15) is 9.59 Å². The summed E-state index contributed by atoms with van der Waals surface area (Å²) in [5.74, 6) is 0.406. The number of para-hydroxylation sites is 1. The third kappa shape index (κ3) is 4.06. The van der Waals surface area contributed by atoms with Crippen molar-refractivity contribution >= 4 is 34.9 Å². The lowest BCUT2D eigenvalue weighted by Gasteiger charge is -2.34. The second-order valence-electron chi connectivity index (χ2n) is 5.69. The highest BCUT2D eigenvalue weighted by atomic mass is 35.5. The smallest absolute Gasteiger partial charge is 0.275 e. The van der Waals surface area contributed by atoms with Crippen LogP contribution in [-0.4, -0.2) is 52.9 Å². The molecule has 0 aliphatic carbocycles. The van der Waals surface area contributed by atoms with Crippen LogP contribution in [0, 0.1) is 0 Å². The number of carbonyl (C=O) groups is 2. The van der Waals surface area contributed by atoms with E-state index in [-0.39, 0.29) is 17.5 Å². The van der Waals surface area contributed by atoms with Crippen molar-refractivity contribution in [1.82, 2.24) is 14.9 Å². The molecule has 25 heavy (non-hydrogen) atoms. The molecule has 0 unspecified atom stereocenters. The van der Waals surface area contributed by atoms with Gasteiger partial charge in [0.2, 0.25) is 5.91 Å². The van der Waals surface area contributed by atoms with Gasteiger partial charge in [0.25, 0.3) is 5.91 Å². The predicted molar refractivity (Wildman–Crippen MR) is 95.9 cm³/mol. The highest BCUT2D eigenvalue weighted by Gasteiger charge is 2.20. The van der Waals surface area contributed by atoms with Gasteiger partial charge in [-0.15, -0.1) is 0 Å². The van der Waals surface area contributed by atoms with E-state index < -0.39 is 0 Å². The van der Waals surface area contributed by atoms with E-state index in [0.717, 1.165) is 0 Å². The van der Waals surface area contributed by atoms with Gasteiger partial charge >= 0.3 is 0 Å². The molecule has 0 radical (unpaired) electrons. The Hall–Kier alpha value is -2.67. The Morgan fingerprint density at radius 3 is 2.40 bits per heavy atom. The molecule has 0 bridgehead atoms. The third-order valence-electron chi connectivity index (χ3n) is 4.04. The van der Waals surface area contributed by atoms with E-state index >= 15 is 0 Å². The summed E-state index contributed by atoms with van der Waals surface area (Å²) in [5.41, 5.74) is 0.742. The Morgan fingerprint density at radius 1 is 1.08 bits per heavy atom. The minimum absolute atomic E-state index is 0.0809. The van der Waals surface area contributed by atoms with Crippen molar-refractivity contribution in [3.8, 4) is 0 Å². The molecule has 0 atom stereocenters. The van der Waals surface area contributed by atoms with Gasteiger partial charge in [-0.1, -0.05) is 23.7 Å². The van der Waals surface area contributed by atoms with E-state index in [1.807, 2.05) is 4.90 Å². The molecule has 1 fully saturated rings. The van der Waals surface area contributed by atoms with E-state index in [4.69, 9.17) is 11.6 Å². The molecule has 1 saturated heterocycles. The van der Waals surface area contributed by atoms with Gasteiger partial charge in [-0.25, -0.2) is 9.97 Å². The summed E-state index contributed by atoms with van der Waals surface area (Å²) in [6.45, 7) is 4.28. The second kappa shape index (κ2) is 7.48. The number of benzene rings is 1. The largest absolute Gasteiger partial charge is 0.352 e. The summed E-state index contributed by atoms with van der Waals surface area (Å²) >= 11 is 6.03. The zero-order chi connectivity index (χ0) is 17.8. The van der Waals surface area contributed by atoms with Crippen molar-refractivity contribution in [3.63, 3.8) is 0 Å². The Kier molecular flexibility index (Phi) is 5.14. The molecule has 130 valence electrons. The zero-order valence-electron chi connectivity index (χ0n) is 13.8. The van der Waals surface area contributed by atoms with Crippen LogP contribution in [-0.2, 0) is 4.79 Å². The average molecular weight is 360 g/mol. The number of piperazine rings is 1. The Bertz CT molecular complexity index is 773. The fourth-order valence-electron chi connectivity index (χ4n) is 2.60. The topological polar surface area (TPSA) is 78.4 Å². The average Bonchev–Trinajstić information content (AvgIpc) is 2.64. The van der Waals surface area contributed by atoms with Crippen molar-refractivity contribution in [3.05, 3.63) is 47.4 Å². The van der Waals surface area contributed by atoms with Gasteiger partial charge in [-0.05, 0) is 12.1 Å². The number of hydrogen-bond acceptors (Lipinski definition) is 5. The first kappa shape index (κ1) is 17.2. The second-order valence-corrected chi connectivity index (χ2v) is 6.09. The van der Waals surface area contributed by atoms with Gasteiger partial charge < -0.3 is 15.1 Å². The van der Waals surface area contributed by atoms with Crippen LogP contribution in [0.2, 0.25) is 5.02 Å². The van der Waals surface area contributed by atoms with Gasteiger partial charge in [0, 0.05) is 33.1 Å². The Balaban J connectivity index is 1.63. The van der Waals surface area contributed by atoms with Crippen molar-refractivity contribution in [1.29, 1.82) is 0 Å². The molecule has 1 aromatic heterocycles. The molecule has 3 rings (SSSR count). The summed E-state index contributed by atoms with van der Waals surface area (Å²) in [6, 6.07) is 7.00. The summed E-state index contributed by atoms with van der Waals surface area (Å²) in [7, 11) is 0. The van der Waals surface area contributed by atoms with Gasteiger partial charge in [0.05, 0.1) is 23.1 Å². The number of halogens is 1. The number of nitrogens with zero attached hydrogens (tertiary/aromatic N) is 4. The summed E-state index contributed by atoms with van der Waals surface area (Å²) in [6.07, 6.45) is 3.02. The molecule has 7 nitrogen and oxygen atoms in total. The van der Waals surface area contributed by atoms with Gasteiger partial charge in [-0.2, -0.15) is 0 Å². The lowest BCUT2D eigenvalue weighted by atomic mass is 10.3. The SMILES string of the molecule is CC(=O)N1CCN(c2cnc(C(=O)Nc3ccccc3Cl)cn2)CC1. The molecule has 1 N–H and O–H groups in total. The number of amides is 2. The standard InChI is InChI=1S/C17H18ClN5O2/c1-12(24)22-6-8-23(9-7-22)16-11-19-15(10-20-16)17(25)21-14-5-3-2-4-13(14)18/h2-5,10-11H,6-9H2,1H3,(H,21,25). The molecule has 0 saturated carbocycles. The molecule has 2 amide bonds. The summed E-state index contributed by atoms with van der Waals surface area (Å²) in [5, 5.41) is 3.17. The van der Waals surface area contributed by atoms with E-state index in [0.29, 0.717) is 42.7 Å². The fraction of sp³-hybridized carbons (Fsp3) is 0.294. The van der Waals surface area contributed by atoms with Crippen LogP contribution in [0.5, 0.6) is 0 Å². The third-order valence-corrected chi connectivity index (χ3v) is 4.37. The first-order chi connectivity index (χ1) is 12.0. The molecule has 0 spiro atoms. The molecule has 1 aromatic carbocycles. The van der Waals surface area contributed by atoms with E-state index in [2.05, 4.69) is 15.3 Å². The van der Waals surface area contributed by atoms with Gasteiger partial charge in [0.1, 0.15) is 11.5 Å². The molecule has 1 aliphatic heterocycles. The zero-order valence-corrected chi connectivity index (χ0v) is 14.5. The van der Waals surface area contributed by atoms with Crippen LogP contribution in [0.4, 0.5) is 11.5 Å². The molecule has 2 heterocycles. The van der Waals surface area contributed by atoms with Gasteiger partial charge in [0.15, 0.2) is 0 Å². The van der Waals surface area contributed by atoms with Crippen LogP contribution >= 0.6 is 11.6 Å². The molecule has 2 aromatic rings. The highest BCUT2D eigenvalue weighted by Crippen LogP contribution is 2.21. The van der Waals surface area contributed by atoms with Crippen LogP contribution in [0.15, 0.2) is 36.7 Å². The quantitative estimate of drug-likeness (QED) is 0.907. The van der Waals surface area contributed by atoms with Crippen LogP contribution < -0.4 is 10.2 Å². The molecule has 1 aliphatic rings. The maximum atomic E-state index is 12.2. The summed E-state index contributed by atoms with van der Waals surface area (Å²) < 4.78 is 0. The molecular weight excluding hydrogens is 342 g/mol. The number of nitrogens with one attached hydrogen (secondary N) is 1. The highest BCUT2D eigenvalue weighted by molar-refractivity contribution is 6.33. The fourth-order valence-corrected chi connectivity index (χ4v) is 2.78. The normalized spacial score (nSPS) is 14.3. The number of carbonyl (C=O) groups excluding carboxylic acids is 2. The van der Waals surface area contributed by atoms with E-state index in [1.165, 1.54) is 6.20 Å². The number of anilines is 2. The lowest BCUT2D eigenvalue weighted by Crippen LogP contribution is -2.48. The lowest BCUT2D eigenvalue weighted by molar-refractivity contribution is -0.129. The molecule has 8 heteroatoms. The van der Waals surface area contributed by atoms with Crippen molar-refractivity contribution in [2.75, 3.05) is 36.4 Å². The van der Waals surface area contributed by atoms with Crippen molar-refractivity contribution < 1.29 is 9.59 Å². The first-order valence-electron chi connectivity index (χ1n) is 7.93. The minimum Gasteiger partial charge on any atom is -0.352 e. The summed E-state index contributed by atoms with van der Waals surface area (Å²) in [4.78, 5) is 36.0. The van der Waals surface area contributed by atoms with Crippen LogP contribution in [0.3, 0.4) is 0 Å². The number of rotatable bonds is 3. The van der Waals surface area contributed by atoms with Crippen molar-refractivity contribution in [2.45, 2.75) is 6.92 Å². The number of hydrogen-bond donors (Lipinski definition) is 1. The predicted octanol–water partition coefficient (Wildman–Crippen LogP) is 2.05. The number of aromatic nitrogens is 2. The first-order valence-corrected chi connectivity index (χ1v) is 8.31. The minimum atomic E-state index is -0.367. The Labute approximate surface area is 150 Å².